The first-order valence-electron chi connectivity index (χ1n) is 8.38. The van der Waals surface area contributed by atoms with Crippen molar-refractivity contribution < 1.29 is 13.6 Å². The topological polar surface area (TPSA) is 46.9 Å². The van der Waals surface area contributed by atoms with Crippen LogP contribution >= 0.6 is 22.9 Å². The predicted octanol–water partition coefficient (Wildman–Crippen LogP) is 5.38. The molecule has 1 amide bonds. The first kappa shape index (κ1) is 19.5. The van der Waals surface area contributed by atoms with Crippen LogP contribution < -0.4 is 5.32 Å². The lowest BCUT2D eigenvalue weighted by Gasteiger charge is -2.10. The average molecular weight is 410 g/mol. The van der Waals surface area contributed by atoms with Crippen LogP contribution in [0.15, 0.2) is 36.7 Å². The Bertz CT molecular complexity index is 968. The van der Waals surface area contributed by atoms with Gasteiger partial charge in [0.15, 0.2) is 16.8 Å². The second kappa shape index (κ2) is 8.19. The molecular formula is C19H18ClF2N3OS. The van der Waals surface area contributed by atoms with Gasteiger partial charge in [0.25, 0.3) is 5.91 Å². The molecule has 3 aromatic rings. The third-order valence-electron chi connectivity index (χ3n) is 3.90. The highest BCUT2D eigenvalue weighted by Gasteiger charge is 2.18. The van der Waals surface area contributed by atoms with Gasteiger partial charge in [-0.05, 0) is 30.0 Å². The second-order valence-electron chi connectivity index (χ2n) is 6.60. The Morgan fingerprint density at radius 2 is 2.15 bits per heavy atom. The minimum Gasteiger partial charge on any atom is -0.339 e. The Labute approximate surface area is 164 Å². The molecule has 0 radical (unpaired) electrons. The molecule has 2 aromatic heterocycles. The molecule has 0 aliphatic carbocycles. The van der Waals surface area contributed by atoms with Crippen molar-refractivity contribution in [3.8, 4) is 0 Å². The van der Waals surface area contributed by atoms with Crippen LogP contribution in [0.2, 0.25) is 4.34 Å². The standard InChI is InChI=1S/C19H18ClF2N3OS/c1-11(2)6-12-7-15(18(26)24-19-23-8-16(20)27-19)25(9-12)10-13-4-3-5-14(21)17(13)22/h3-5,7-9,11H,6,10H2,1-2H3,(H,23,24,26). The van der Waals surface area contributed by atoms with Crippen LogP contribution in [0, 0.1) is 17.6 Å². The highest BCUT2D eigenvalue weighted by Crippen LogP contribution is 2.24. The Morgan fingerprint density at radius 3 is 2.81 bits per heavy atom. The first-order chi connectivity index (χ1) is 12.8. The Balaban J connectivity index is 1.92. The fourth-order valence-electron chi connectivity index (χ4n) is 2.80. The van der Waals surface area contributed by atoms with Crippen molar-refractivity contribution in [2.45, 2.75) is 26.8 Å². The molecule has 0 aliphatic heterocycles. The van der Waals surface area contributed by atoms with Crippen molar-refractivity contribution >= 4 is 34.0 Å². The zero-order valence-electron chi connectivity index (χ0n) is 14.8. The summed E-state index contributed by atoms with van der Waals surface area (Å²) < 4.78 is 29.7. The van der Waals surface area contributed by atoms with Crippen LogP contribution in [0.5, 0.6) is 0 Å². The number of carbonyl (C=O) groups is 1. The van der Waals surface area contributed by atoms with E-state index in [1.54, 1.807) is 16.8 Å². The fraction of sp³-hybridized carbons (Fsp3) is 0.263. The van der Waals surface area contributed by atoms with E-state index in [-0.39, 0.29) is 18.0 Å². The van der Waals surface area contributed by atoms with Crippen molar-refractivity contribution in [3.63, 3.8) is 0 Å². The summed E-state index contributed by atoms with van der Waals surface area (Å²) in [6.45, 7) is 4.19. The number of anilines is 1. The maximum Gasteiger partial charge on any atom is 0.274 e. The average Bonchev–Trinajstić information content (AvgIpc) is 3.17. The zero-order valence-corrected chi connectivity index (χ0v) is 16.4. The molecule has 0 spiro atoms. The lowest BCUT2D eigenvalue weighted by atomic mass is 10.1. The number of nitrogens with one attached hydrogen (secondary N) is 1. The molecule has 0 saturated heterocycles. The number of rotatable bonds is 6. The summed E-state index contributed by atoms with van der Waals surface area (Å²) in [5.41, 5.74) is 1.47. The summed E-state index contributed by atoms with van der Waals surface area (Å²) in [6, 6.07) is 5.78. The quantitative estimate of drug-likeness (QED) is 0.594. The van der Waals surface area contributed by atoms with Crippen LogP contribution in [0.25, 0.3) is 0 Å². The van der Waals surface area contributed by atoms with Crippen molar-refractivity contribution in [1.29, 1.82) is 0 Å². The molecular weight excluding hydrogens is 392 g/mol. The lowest BCUT2D eigenvalue weighted by molar-refractivity contribution is 0.101. The molecule has 2 heterocycles. The monoisotopic (exact) mass is 409 g/mol. The molecule has 0 fully saturated rings. The molecule has 142 valence electrons. The molecule has 4 nitrogen and oxygen atoms in total. The second-order valence-corrected chi connectivity index (χ2v) is 8.26. The Hall–Kier alpha value is -2.25. The summed E-state index contributed by atoms with van der Waals surface area (Å²) in [6.07, 6.45) is 4.02. The van der Waals surface area contributed by atoms with E-state index in [4.69, 9.17) is 11.6 Å². The normalized spacial score (nSPS) is 11.2. The summed E-state index contributed by atoms with van der Waals surface area (Å²) in [5, 5.41) is 3.07. The largest absolute Gasteiger partial charge is 0.339 e. The smallest absolute Gasteiger partial charge is 0.274 e. The third kappa shape index (κ3) is 4.73. The Morgan fingerprint density at radius 1 is 1.37 bits per heavy atom. The van der Waals surface area contributed by atoms with E-state index in [1.807, 2.05) is 0 Å². The van der Waals surface area contributed by atoms with Gasteiger partial charge in [-0.15, -0.1) is 0 Å². The van der Waals surface area contributed by atoms with Crippen molar-refractivity contribution in [3.05, 3.63) is 69.5 Å². The van der Waals surface area contributed by atoms with Crippen LogP contribution in [0.1, 0.15) is 35.5 Å². The van der Waals surface area contributed by atoms with E-state index >= 15 is 0 Å². The van der Waals surface area contributed by atoms with Crippen molar-refractivity contribution in [2.75, 3.05) is 5.32 Å². The van der Waals surface area contributed by atoms with E-state index in [9.17, 15) is 13.6 Å². The van der Waals surface area contributed by atoms with E-state index < -0.39 is 11.6 Å². The Kier molecular flexibility index (Phi) is 5.92. The number of amides is 1. The number of carbonyl (C=O) groups excluding carboxylic acids is 1. The van der Waals surface area contributed by atoms with Crippen molar-refractivity contribution in [1.82, 2.24) is 9.55 Å². The van der Waals surface area contributed by atoms with Gasteiger partial charge in [0.1, 0.15) is 10.0 Å². The summed E-state index contributed by atoms with van der Waals surface area (Å²) in [5.74, 6) is -1.81. The van der Waals surface area contributed by atoms with E-state index in [1.165, 1.54) is 18.3 Å². The molecule has 0 aliphatic rings. The number of nitrogens with zero attached hydrogens (tertiary/aromatic N) is 2. The molecule has 3 rings (SSSR count). The van der Waals surface area contributed by atoms with Gasteiger partial charge in [0.05, 0.1) is 12.7 Å². The molecule has 27 heavy (non-hydrogen) atoms. The van der Waals surface area contributed by atoms with Gasteiger partial charge >= 0.3 is 0 Å². The summed E-state index contributed by atoms with van der Waals surface area (Å²) in [4.78, 5) is 16.7. The van der Waals surface area contributed by atoms with Crippen molar-refractivity contribution in [2.24, 2.45) is 5.92 Å². The van der Waals surface area contributed by atoms with E-state index in [0.717, 1.165) is 29.4 Å². The number of thiazole rings is 1. The van der Waals surface area contributed by atoms with Gasteiger partial charge in [-0.1, -0.05) is 48.9 Å². The number of halogens is 3. The molecule has 1 N–H and O–H groups in total. The zero-order chi connectivity index (χ0) is 19.6. The van der Waals surface area contributed by atoms with Gasteiger partial charge < -0.3 is 4.57 Å². The summed E-state index contributed by atoms with van der Waals surface area (Å²) >= 11 is 6.99. The summed E-state index contributed by atoms with van der Waals surface area (Å²) in [7, 11) is 0. The first-order valence-corrected chi connectivity index (χ1v) is 9.57. The van der Waals surface area contributed by atoms with Gasteiger partial charge in [-0.3, -0.25) is 10.1 Å². The van der Waals surface area contributed by atoms with Crippen LogP contribution in [0.4, 0.5) is 13.9 Å². The van der Waals surface area contributed by atoms with Crippen LogP contribution in [-0.2, 0) is 13.0 Å². The van der Waals surface area contributed by atoms with Gasteiger partial charge in [0.2, 0.25) is 0 Å². The van der Waals surface area contributed by atoms with Gasteiger partial charge in [0, 0.05) is 11.8 Å². The maximum atomic E-state index is 14.1. The predicted molar refractivity (Wildman–Crippen MR) is 104 cm³/mol. The number of hydrogen-bond acceptors (Lipinski definition) is 3. The molecule has 0 atom stereocenters. The van der Waals surface area contributed by atoms with Gasteiger partial charge in [-0.2, -0.15) is 0 Å². The minimum atomic E-state index is -0.912. The molecule has 1 aromatic carbocycles. The fourth-order valence-corrected chi connectivity index (χ4v) is 3.61. The SMILES string of the molecule is CC(C)Cc1cc(C(=O)Nc2ncc(Cl)s2)n(Cc2cccc(F)c2F)c1. The molecule has 0 saturated carbocycles. The number of hydrogen-bond donors (Lipinski definition) is 1. The minimum absolute atomic E-state index is 0.0447. The number of aromatic nitrogens is 2. The van der Waals surface area contributed by atoms with E-state index in [2.05, 4.69) is 24.1 Å². The van der Waals surface area contributed by atoms with Gasteiger partial charge in [-0.25, -0.2) is 13.8 Å². The molecule has 8 heteroatoms. The van der Waals surface area contributed by atoms with Crippen LogP contribution in [-0.4, -0.2) is 15.5 Å². The highest BCUT2D eigenvalue weighted by atomic mass is 35.5. The van der Waals surface area contributed by atoms with E-state index in [0.29, 0.717) is 21.1 Å². The molecule has 0 bridgehead atoms. The maximum absolute atomic E-state index is 14.1. The molecule has 0 unspecified atom stereocenters. The highest BCUT2D eigenvalue weighted by molar-refractivity contribution is 7.19. The third-order valence-corrected chi connectivity index (χ3v) is 4.93. The van der Waals surface area contributed by atoms with Crippen LogP contribution in [0.3, 0.4) is 0 Å². The lowest BCUT2D eigenvalue weighted by Crippen LogP contribution is -2.17. The number of benzene rings is 1.